The number of anilines is 1. The number of hydrogen-bond acceptors (Lipinski definition) is 6. The SMILES string of the molecule is CC.Cc1ccnc(C)c1-c1cc(N2CCOC[C@H]2C)nc2c(-c3ccn[nH]3)nn(C)c12. The minimum atomic E-state index is 0.250. The van der Waals surface area contributed by atoms with Gasteiger partial charge in [0.1, 0.15) is 17.0 Å². The van der Waals surface area contributed by atoms with Crippen LogP contribution in [0.15, 0.2) is 30.6 Å². The number of aryl methyl sites for hydroxylation is 3. The molecule has 168 valence electrons. The van der Waals surface area contributed by atoms with Crippen molar-refractivity contribution in [1.29, 1.82) is 0 Å². The van der Waals surface area contributed by atoms with Crippen molar-refractivity contribution in [3.63, 3.8) is 0 Å². The number of pyridine rings is 2. The Morgan fingerprint density at radius 1 is 1.16 bits per heavy atom. The number of rotatable bonds is 3. The molecule has 0 bridgehead atoms. The van der Waals surface area contributed by atoms with Crippen molar-refractivity contribution in [1.82, 2.24) is 29.9 Å². The molecule has 0 aromatic carbocycles. The lowest BCUT2D eigenvalue weighted by Crippen LogP contribution is -2.44. The number of hydrogen-bond donors (Lipinski definition) is 1. The van der Waals surface area contributed by atoms with E-state index in [0.29, 0.717) is 13.2 Å². The molecule has 5 heterocycles. The Balaban J connectivity index is 0.00000119. The van der Waals surface area contributed by atoms with Crippen LogP contribution in [0.1, 0.15) is 32.0 Å². The van der Waals surface area contributed by atoms with Crippen LogP contribution in [-0.2, 0) is 11.8 Å². The highest BCUT2D eigenvalue weighted by Crippen LogP contribution is 2.38. The van der Waals surface area contributed by atoms with Crippen LogP contribution in [0.3, 0.4) is 0 Å². The highest BCUT2D eigenvalue weighted by molar-refractivity contribution is 6.01. The number of H-pyrrole nitrogens is 1. The lowest BCUT2D eigenvalue weighted by Gasteiger charge is -2.34. The second-order valence-electron chi connectivity index (χ2n) is 7.87. The Morgan fingerprint density at radius 3 is 2.66 bits per heavy atom. The summed E-state index contributed by atoms with van der Waals surface area (Å²) in [5.41, 5.74) is 7.90. The topological polar surface area (TPSA) is 84.8 Å². The molecule has 1 aliphatic rings. The Kier molecular flexibility index (Phi) is 6.23. The lowest BCUT2D eigenvalue weighted by molar-refractivity contribution is 0.0986. The zero-order valence-electron chi connectivity index (χ0n) is 19.7. The van der Waals surface area contributed by atoms with E-state index < -0.39 is 0 Å². The van der Waals surface area contributed by atoms with E-state index in [-0.39, 0.29) is 6.04 Å². The molecular formula is C24H31N7O. The molecule has 0 spiro atoms. The van der Waals surface area contributed by atoms with Crippen LogP contribution in [0.25, 0.3) is 33.5 Å². The van der Waals surface area contributed by atoms with Gasteiger partial charge in [-0.3, -0.25) is 14.8 Å². The molecule has 4 aromatic rings. The average Bonchev–Trinajstić information content (AvgIpc) is 3.43. The first-order valence-corrected chi connectivity index (χ1v) is 11.2. The first kappa shape index (κ1) is 22.0. The maximum atomic E-state index is 5.65. The third-order valence-electron chi connectivity index (χ3n) is 5.81. The molecule has 1 saturated heterocycles. The molecule has 5 rings (SSSR count). The van der Waals surface area contributed by atoms with Crippen LogP contribution < -0.4 is 4.90 Å². The van der Waals surface area contributed by atoms with E-state index in [1.807, 2.05) is 37.8 Å². The maximum absolute atomic E-state index is 5.65. The summed E-state index contributed by atoms with van der Waals surface area (Å²) in [5.74, 6) is 0.935. The minimum absolute atomic E-state index is 0.250. The summed E-state index contributed by atoms with van der Waals surface area (Å²) < 4.78 is 7.56. The zero-order chi connectivity index (χ0) is 22.8. The first-order valence-electron chi connectivity index (χ1n) is 11.2. The molecule has 0 unspecified atom stereocenters. The van der Waals surface area contributed by atoms with E-state index in [1.54, 1.807) is 6.20 Å². The van der Waals surface area contributed by atoms with Gasteiger partial charge in [-0.15, -0.1) is 0 Å². The van der Waals surface area contributed by atoms with Gasteiger partial charge in [0.05, 0.1) is 30.5 Å². The largest absolute Gasteiger partial charge is 0.377 e. The molecule has 32 heavy (non-hydrogen) atoms. The lowest BCUT2D eigenvalue weighted by atomic mass is 9.98. The number of nitrogens with zero attached hydrogens (tertiary/aromatic N) is 6. The van der Waals surface area contributed by atoms with Crippen molar-refractivity contribution in [3.05, 3.63) is 41.9 Å². The third kappa shape index (κ3) is 3.75. The number of fused-ring (bicyclic) bond motifs is 1. The molecule has 1 atom stereocenters. The quantitative estimate of drug-likeness (QED) is 0.519. The van der Waals surface area contributed by atoms with E-state index in [2.05, 4.69) is 53.0 Å². The summed E-state index contributed by atoms with van der Waals surface area (Å²) in [6.45, 7) is 12.6. The van der Waals surface area contributed by atoms with Crippen molar-refractivity contribution >= 4 is 16.9 Å². The normalized spacial score (nSPS) is 16.2. The molecule has 8 heteroatoms. The van der Waals surface area contributed by atoms with Crippen LogP contribution in [0, 0.1) is 13.8 Å². The van der Waals surface area contributed by atoms with Gasteiger partial charge in [-0.25, -0.2) is 4.98 Å². The Hall–Kier alpha value is -3.26. The second-order valence-corrected chi connectivity index (χ2v) is 7.87. The smallest absolute Gasteiger partial charge is 0.136 e. The van der Waals surface area contributed by atoms with E-state index in [4.69, 9.17) is 14.8 Å². The average molecular weight is 434 g/mol. The van der Waals surface area contributed by atoms with Crippen molar-refractivity contribution in [3.8, 4) is 22.5 Å². The van der Waals surface area contributed by atoms with Crippen LogP contribution >= 0.6 is 0 Å². The predicted molar refractivity (Wildman–Crippen MR) is 128 cm³/mol. The van der Waals surface area contributed by atoms with E-state index >= 15 is 0 Å². The van der Waals surface area contributed by atoms with Gasteiger partial charge < -0.3 is 9.64 Å². The highest BCUT2D eigenvalue weighted by Gasteiger charge is 2.25. The predicted octanol–water partition coefficient (Wildman–Crippen LogP) is 4.29. The monoisotopic (exact) mass is 433 g/mol. The molecule has 0 amide bonds. The zero-order valence-corrected chi connectivity index (χ0v) is 19.7. The number of morpholine rings is 1. The Bertz CT molecular complexity index is 1190. The van der Waals surface area contributed by atoms with Gasteiger partial charge in [0.2, 0.25) is 0 Å². The third-order valence-corrected chi connectivity index (χ3v) is 5.81. The molecule has 0 aliphatic carbocycles. The van der Waals surface area contributed by atoms with Crippen LogP contribution in [0.5, 0.6) is 0 Å². The molecule has 1 aliphatic heterocycles. The highest BCUT2D eigenvalue weighted by atomic mass is 16.5. The molecule has 4 aromatic heterocycles. The molecule has 0 saturated carbocycles. The van der Waals surface area contributed by atoms with Crippen molar-refractivity contribution in [2.45, 2.75) is 40.7 Å². The molecule has 1 N–H and O–H groups in total. The maximum Gasteiger partial charge on any atom is 0.136 e. The standard InChI is InChI=1S/C22H25N7O.C2H6/c1-13-5-7-23-15(3)19(13)16-11-18(29-9-10-30-12-14(29)2)25-21-20(17-6-8-24-26-17)27-28(4)22(16)21;1-2/h5-8,11,14H,9-10,12H2,1-4H3,(H,24,26);1-2H3/t14-;/m1./s1. The summed E-state index contributed by atoms with van der Waals surface area (Å²) in [4.78, 5) is 12.0. The van der Waals surface area contributed by atoms with Gasteiger partial charge in [-0.2, -0.15) is 10.2 Å². The molecule has 1 fully saturated rings. The van der Waals surface area contributed by atoms with E-state index in [1.165, 1.54) is 5.56 Å². The number of aromatic nitrogens is 6. The summed E-state index contributed by atoms with van der Waals surface area (Å²) >= 11 is 0. The summed E-state index contributed by atoms with van der Waals surface area (Å²) in [5, 5.41) is 11.9. The van der Waals surface area contributed by atoms with Crippen molar-refractivity contribution < 1.29 is 4.74 Å². The first-order chi connectivity index (χ1) is 15.5. The van der Waals surface area contributed by atoms with Crippen LogP contribution in [-0.4, -0.2) is 55.7 Å². The fraction of sp³-hybridized carbons (Fsp3) is 0.417. The van der Waals surface area contributed by atoms with Crippen LogP contribution in [0.4, 0.5) is 5.82 Å². The van der Waals surface area contributed by atoms with E-state index in [9.17, 15) is 0 Å². The number of nitrogens with one attached hydrogen (secondary N) is 1. The van der Waals surface area contributed by atoms with Gasteiger partial charge in [0.25, 0.3) is 0 Å². The van der Waals surface area contributed by atoms with E-state index in [0.717, 1.165) is 51.6 Å². The van der Waals surface area contributed by atoms with Gasteiger partial charge >= 0.3 is 0 Å². The van der Waals surface area contributed by atoms with Gasteiger partial charge in [-0.05, 0) is 44.5 Å². The summed E-state index contributed by atoms with van der Waals surface area (Å²) in [6, 6.07) is 6.41. The van der Waals surface area contributed by atoms with Gasteiger partial charge in [-0.1, -0.05) is 13.8 Å². The molecule has 8 nitrogen and oxygen atoms in total. The van der Waals surface area contributed by atoms with Crippen molar-refractivity contribution in [2.75, 3.05) is 24.7 Å². The summed E-state index contributed by atoms with van der Waals surface area (Å²) in [7, 11) is 1.96. The van der Waals surface area contributed by atoms with Gasteiger partial charge in [0.15, 0.2) is 0 Å². The number of aromatic amines is 1. The number of ether oxygens (including phenoxy) is 1. The van der Waals surface area contributed by atoms with Crippen LogP contribution in [0.2, 0.25) is 0 Å². The second kappa shape index (κ2) is 9.08. The Labute approximate surface area is 188 Å². The fourth-order valence-electron chi connectivity index (χ4n) is 4.34. The molecular weight excluding hydrogens is 402 g/mol. The Morgan fingerprint density at radius 2 is 1.97 bits per heavy atom. The van der Waals surface area contributed by atoms with Crippen molar-refractivity contribution in [2.24, 2.45) is 7.05 Å². The minimum Gasteiger partial charge on any atom is -0.377 e. The summed E-state index contributed by atoms with van der Waals surface area (Å²) in [6.07, 6.45) is 3.59. The molecule has 0 radical (unpaired) electrons. The van der Waals surface area contributed by atoms with Gasteiger partial charge in [0, 0.05) is 42.8 Å². The fourth-order valence-corrected chi connectivity index (χ4v) is 4.34.